The lowest BCUT2D eigenvalue weighted by molar-refractivity contribution is -0.128. The molecule has 1 fully saturated rings. The van der Waals surface area contributed by atoms with E-state index in [-0.39, 0.29) is 11.8 Å². The molecule has 1 aliphatic heterocycles. The lowest BCUT2D eigenvalue weighted by atomic mass is 10.2. The van der Waals surface area contributed by atoms with E-state index in [1.807, 2.05) is 77.4 Å². The van der Waals surface area contributed by atoms with Gasteiger partial charge in [-0.15, -0.1) is 0 Å². The molecule has 0 atom stereocenters. The van der Waals surface area contributed by atoms with Crippen LogP contribution in [0.3, 0.4) is 0 Å². The fraction of sp³-hybridized carbons (Fsp3) is 0.321. The number of aromatic nitrogens is 1. The zero-order valence-corrected chi connectivity index (χ0v) is 20.9. The molecule has 2 heterocycles. The predicted octanol–water partition coefficient (Wildman–Crippen LogP) is 5.04. The predicted molar refractivity (Wildman–Crippen MR) is 138 cm³/mol. The number of likely N-dealkylation sites (tertiary alicyclic amines) is 1. The van der Waals surface area contributed by atoms with Crippen molar-refractivity contribution in [2.45, 2.75) is 37.9 Å². The molecule has 4 rings (SSSR count). The molecular formula is C28H31N3O3S. The highest BCUT2D eigenvalue weighted by atomic mass is 32.2. The summed E-state index contributed by atoms with van der Waals surface area (Å²) in [7, 11) is 0. The number of amides is 2. The Labute approximate surface area is 211 Å². The third kappa shape index (κ3) is 7.09. The Morgan fingerprint density at radius 2 is 1.71 bits per heavy atom. The SMILES string of the molecule is CCN(Cc1ccc(OCc2ccccc2)cc1)C(=O)CSc1ccc(C(=O)N2CCCC2)cn1. The van der Waals surface area contributed by atoms with Crippen molar-refractivity contribution in [1.82, 2.24) is 14.8 Å². The largest absolute Gasteiger partial charge is 0.489 e. The number of hydrogen-bond acceptors (Lipinski definition) is 5. The number of thioether (sulfide) groups is 1. The van der Waals surface area contributed by atoms with Crippen molar-refractivity contribution in [3.05, 3.63) is 89.6 Å². The van der Waals surface area contributed by atoms with Crippen LogP contribution < -0.4 is 4.74 Å². The van der Waals surface area contributed by atoms with Crippen molar-refractivity contribution in [1.29, 1.82) is 0 Å². The molecule has 0 spiro atoms. The number of nitrogens with zero attached hydrogens (tertiary/aromatic N) is 3. The van der Waals surface area contributed by atoms with E-state index in [0.29, 0.717) is 31.0 Å². The summed E-state index contributed by atoms with van der Waals surface area (Å²) in [4.78, 5) is 33.4. The first kappa shape index (κ1) is 24.8. The average Bonchev–Trinajstić information content (AvgIpc) is 3.45. The van der Waals surface area contributed by atoms with Gasteiger partial charge in [0.15, 0.2) is 0 Å². The fourth-order valence-corrected chi connectivity index (χ4v) is 4.70. The Morgan fingerprint density at radius 3 is 2.37 bits per heavy atom. The van der Waals surface area contributed by atoms with Gasteiger partial charge >= 0.3 is 0 Å². The van der Waals surface area contributed by atoms with Crippen LogP contribution in [0.25, 0.3) is 0 Å². The number of benzene rings is 2. The van der Waals surface area contributed by atoms with E-state index in [4.69, 9.17) is 4.74 Å². The highest BCUT2D eigenvalue weighted by Gasteiger charge is 2.20. The highest BCUT2D eigenvalue weighted by Crippen LogP contribution is 2.20. The quantitative estimate of drug-likeness (QED) is 0.374. The van der Waals surface area contributed by atoms with Crippen molar-refractivity contribution in [2.24, 2.45) is 0 Å². The van der Waals surface area contributed by atoms with Gasteiger partial charge in [0.1, 0.15) is 12.4 Å². The Morgan fingerprint density at radius 1 is 0.971 bits per heavy atom. The lowest BCUT2D eigenvalue weighted by Crippen LogP contribution is -2.31. The second kappa shape index (κ2) is 12.4. The maximum absolute atomic E-state index is 12.8. The molecule has 6 nitrogen and oxygen atoms in total. The number of carbonyl (C=O) groups excluding carboxylic acids is 2. The van der Waals surface area contributed by atoms with E-state index < -0.39 is 0 Å². The van der Waals surface area contributed by atoms with Crippen LogP contribution in [0.1, 0.15) is 41.3 Å². The van der Waals surface area contributed by atoms with Crippen molar-refractivity contribution in [2.75, 3.05) is 25.4 Å². The van der Waals surface area contributed by atoms with Crippen molar-refractivity contribution in [3.63, 3.8) is 0 Å². The first-order chi connectivity index (χ1) is 17.1. The van der Waals surface area contributed by atoms with Crippen molar-refractivity contribution >= 4 is 23.6 Å². The molecule has 0 unspecified atom stereocenters. The highest BCUT2D eigenvalue weighted by molar-refractivity contribution is 7.99. The molecule has 2 aromatic carbocycles. The molecule has 7 heteroatoms. The van der Waals surface area contributed by atoms with Crippen LogP contribution in [-0.4, -0.2) is 52.0 Å². The van der Waals surface area contributed by atoms with Gasteiger partial charge in [-0.05, 0) is 55.2 Å². The van der Waals surface area contributed by atoms with Gasteiger partial charge in [0.2, 0.25) is 5.91 Å². The molecule has 182 valence electrons. The zero-order chi connectivity index (χ0) is 24.5. The van der Waals surface area contributed by atoms with E-state index in [1.165, 1.54) is 11.8 Å². The molecule has 1 aromatic heterocycles. The molecule has 2 amide bonds. The molecule has 0 bridgehead atoms. The van der Waals surface area contributed by atoms with E-state index >= 15 is 0 Å². The van der Waals surface area contributed by atoms with Crippen LogP contribution in [0.4, 0.5) is 0 Å². The van der Waals surface area contributed by atoms with E-state index in [0.717, 1.165) is 47.8 Å². The van der Waals surface area contributed by atoms with Crippen LogP contribution in [0.15, 0.2) is 78.0 Å². The third-order valence-electron chi connectivity index (χ3n) is 6.00. The van der Waals surface area contributed by atoms with E-state index in [2.05, 4.69) is 4.98 Å². The van der Waals surface area contributed by atoms with Crippen LogP contribution in [0.5, 0.6) is 5.75 Å². The second-order valence-corrected chi connectivity index (χ2v) is 9.49. The van der Waals surface area contributed by atoms with Crippen LogP contribution in [0.2, 0.25) is 0 Å². The van der Waals surface area contributed by atoms with E-state index in [9.17, 15) is 9.59 Å². The number of hydrogen-bond donors (Lipinski definition) is 0. The minimum absolute atomic E-state index is 0.0382. The molecule has 1 saturated heterocycles. The van der Waals surface area contributed by atoms with Gasteiger partial charge < -0.3 is 14.5 Å². The van der Waals surface area contributed by atoms with Crippen molar-refractivity contribution < 1.29 is 14.3 Å². The van der Waals surface area contributed by atoms with Crippen LogP contribution in [-0.2, 0) is 17.9 Å². The number of rotatable bonds is 10. The topological polar surface area (TPSA) is 62.7 Å². The second-order valence-electron chi connectivity index (χ2n) is 8.50. The summed E-state index contributed by atoms with van der Waals surface area (Å²) in [6.07, 6.45) is 3.75. The first-order valence-corrected chi connectivity index (χ1v) is 13.0. The Kier molecular flexibility index (Phi) is 8.79. The molecule has 35 heavy (non-hydrogen) atoms. The molecule has 1 aliphatic rings. The summed E-state index contributed by atoms with van der Waals surface area (Å²) in [5.41, 5.74) is 2.79. The average molecular weight is 490 g/mol. The lowest BCUT2D eigenvalue weighted by Gasteiger charge is -2.21. The summed E-state index contributed by atoms with van der Waals surface area (Å²) in [5, 5.41) is 0.743. The van der Waals surface area contributed by atoms with Gasteiger partial charge in [-0.2, -0.15) is 0 Å². The van der Waals surface area contributed by atoms with E-state index in [1.54, 1.807) is 12.3 Å². The number of ether oxygens (including phenoxy) is 1. The van der Waals surface area contributed by atoms with Gasteiger partial charge in [-0.1, -0.05) is 54.2 Å². The fourth-order valence-electron chi connectivity index (χ4n) is 3.95. The summed E-state index contributed by atoms with van der Waals surface area (Å²) >= 11 is 1.40. The zero-order valence-electron chi connectivity index (χ0n) is 20.1. The smallest absolute Gasteiger partial charge is 0.255 e. The number of carbonyl (C=O) groups is 2. The molecule has 0 radical (unpaired) electrons. The minimum Gasteiger partial charge on any atom is -0.489 e. The van der Waals surface area contributed by atoms with Crippen LogP contribution >= 0.6 is 11.8 Å². The summed E-state index contributed by atoms with van der Waals surface area (Å²) in [5.74, 6) is 1.20. The normalized spacial score (nSPS) is 13.0. The molecule has 3 aromatic rings. The molecular weight excluding hydrogens is 458 g/mol. The molecule has 0 aliphatic carbocycles. The summed E-state index contributed by atoms with van der Waals surface area (Å²) < 4.78 is 5.85. The Hall–Kier alpha value is -3.32. The molecule has 0 N–H and O–H groups in total. The monoisotopic (exact) mass is 489 g/mol. The van der Waals surface area contributed by atoms with Gasteiger partial charge in [0.05, 0.1) is 16.3 Å². The standard InChI is InChI=1S/C28H31N3O3S/c1-2-30(19-22-10-13-25(14-11-22)34-20-23-8-4-3-5-9-23)27(32)21-35-26-15-12-24(18-29-26)28(33)31-16-6-7-17-31/h3-5,8-15,18H,2,6-7,16-17,19-21H2,1H3. The van der Waals surface area contributed by atoms with Gasteiger partial charge in [-0.25, -0.2) is 4.98 Å². The minimum atomic E-state index is 0.0382. The number of pyridine rings is 1. The van der Waals surface area contributed by atoms with Gasteiger partial charge in [0.25, 0.3) is 5.91 Å². The summed E-state index contributed by atoms with van der Waals surface area (Å²) in [6, 6.07) is 21.6. The third-order valence-corrected chi connectivity index (χ3v) is 6.93. The van der Waals surface area contributed by atoms with Crippen molar-refractivity contribution in [3.8, 4) is 5.75 Å². The maximum atomic E-state index is 12.8. The van der Waals surface area contributed by atoms with Gasteiger partial charge in [0, 0.05) is 32.4 Å². The Balaban J connectivity index is 1.25. The molecule has 0 saturated carbocycles. The maximum Gasteiger partial charge on any atom is 0.255 e. The first-order valence-electron chi connectivity index (χ1n) is 12.0. The van der Waals surface area contributed by atoms with Crippen LogP contribution in [0, 0.1) is 0 Å². The van der Waals surface area contributed by atoms with Gasteiger partial charge in [-0.3, -0.25) is 9.59 Å². The summed E-state index contributed by atoms with van der Waals surface area (Å²) in [6.45, 7) is 5.32. The Bertz CT molecular complexity index is 1100.